The van der Waals surface area contributed by atoms with Gasteiger partial charge in [-0.1, -0.05) is 37.1 Å². The van der Waals surface area contributed by atoms with Gasteiger partial charge in [0, 0.05) is 12.3 Å². The fourth-order valence-corrected chi connectivity index (χ4v) is 4.67. The molecular formula is C22H28N2O4S. The first kappa shape index (κ1) is 21.3. The van der Waals surface area contributed by atoms with Crippen molar-refractivity contribution in [1.82, 2.24) is 4.90 Å². The molecule has 1 fully saturated rings. The Morgan fingerprint density at radius 2 is 1.83 bits per heavy atom. The molecular weight excluding hydrogens is 388 g/mol. The maximum Gasteiger partial charge on any atom is 0.238 e. The van der Waals surface area contributed by atoms with Crippen LogP contribution >= 0.6 is 0 Å². The van der Waals surface area contributed by atoms with Crippen LogP contribution in [0, 0.1) is 0 Å². The van der Waals surface area contributed by atoms with E-state index in [1.807, 2.05) is 12.1 Å². The summed E-state index contributed by atoms with van der Waals surface area (Å²) >= 11 is 0. The number of amides is 1. The number of likely N-dealkylation sites (tertiary alicyclic amines) is 1. The van der Waals surface area contributed by atoms with Crippen LogP contribution in [-0.4, -0.2) is 45.7 Å². The molecule has 1 atom stereocenters. The fourth-order valence-electron chi connectivity index (χ4n) is 3.83. The molecule has 6 nitrogen and oxygen atoms in total. The van der Waals surface area contributed by atoms with Gasteiger partial charge in [0.2, 0.25) is 5.91 Å². The molecule has 2 aromatic rings. The lowest BCUT2D eigenvalue weighted by Gasteiger charge is -2.30. The number of anilines is 1. The Labute approximate surface area is 172 Å². The van der Waals surface area contributed by atoms with Crippen molar-refractivity contribution >= 4 is 21.4 Å². The summed E-state index contributed by atoms with van der Waals surface area (Å²) in [6, 6.07) is 14.7. The standard InChI is InChI=1S/C22H28N2O4S/c1-28-18-13-11-17(12-14-18)20-9-4-3-7-15-24(20)16-22(25)23-19-8-5-6-10-21(19)29(2,26)27/h5-6,8,10-14,20H,3-4,7,9,15-16H2,1-2H3,(H,23,25)/t20-/m0/s1. The van der Waals surface area contributed by atoms with Gasteiger partial charge >= 0.3 is 0 Å². The summed E-state index contributed by atoms with van der Waals surface area (Å²) in [6.07, 6.45) is 5.43. The van der Waals surface area contributed by atoms with Gasteiger partial charge < -0.3 is 10.1 Å². The van der Waals surface area contributed by atoms with Crippen molar-refractivity contribution in [2.75, 3.05) is 31.8 Å². The van der Waals surface area contributed by atoms with E-state index in [0.717, 1.165) is 49.8 Å². The molecule has 7 heteroatoms. The van der Waals surface area contributed by atoms with Crippen LogP contribution in [0.5, 0.6) is 5.75 Å². The van der Waals surface area contributed by atoms with E-state index in [1.165, 1.54) is 6.07 Å². The number of ether oxygens (including phenoxy) is 1. The summed E-state index contributed by atoms with van der Waals surface area (Å²) in [4.78, 5) is 15.1. The minimum absolute atomic E-state index is 0.135. The van der Waals surface area contributed by atoms with Gasteiger partial charge in [0.25, 0.3) is 0 Å². The molecule has 0 saturated carbocycles. The van der Waals surface area contributed by atoms with Crippen LogP contribution in [-0.2, 0) is 14.6 Å². The van der Waals surface area contributed by atoms with Gasteiger partial charge in [0.15, 0.2) is 9.84 Å². The lowest BCUT2D eigenvalue weighted by Crippen LogP contribution is -2.36. The Bertz CT molecular complexity index is 942. The predicted octanol–water partition coefficient (Wildman–Crippen LogP) is 3.65. The zero-order chi connectivity index (χ0) is 20.9. The number of nitrogens with zero attached hydrogens (tertiary/aromatic N) is 1. The van der Waals surface area contributed by atoms with Crippen LogP contribution in [0.15, 0.2) is 53.4 Å². The van der Waals surface area contributed by atoms with Crippen LogP contribution in [0.25, 0.3) is 0 Å². The Morgan fingerprint density at radius 1 is 1.10 bits per heavy atom. The average molecular weight is 417 g/mol. The molecule has 3 rings (SSSR count). The second kappa shape index (κ2) is 9.41. The van der Waals surface area contributed by atoms with Crippen molar-refractivity contribution in [2.45, 2.75) is 36.6 Å². The molecule has 1 aliphatic rings. The van der Waals surface area contributed by atoms with Gasteiger partial charge in [-0.15, -0.1) is 0 Å². The van der Waals surface area contributed by atoms with E-state index in [-0.39, 0.29) is 23.4 Å². The summed E-state index contributed by atoms with van der Waals surface area (Å²) in [7, 11) is -1.77. The number of rotatable bonds is 6. The van der Waals surface area contributed by atoms with Crippen molar-refractivity contribution in [3.63, 3.8) is 0 Å². The summed E-state index contributed by atoms with van der Waals surface area (Å²) in [5.41, 5.74) is 1.49. The molecule has 1 N–H and O–H groups in total. The molecule has 0 unspecified atom stereocenters. The predicted molar refractivity (Wildman–Crippen MR) is 114 cm³/mol. The molecule has 0 aromatic heterocycles. The van der Waals surface area contributed by atoms with E-state index in [9.17, 15) is 13.2 Å². The second-order valence-electron chi connectivity index (χ2n) is 7.43. The highest BCUT2D eigenvalue weighted by atomic mass is 32.2. The van der Waals surface area contributed by atoms with Gasteiger partial charge in [0.1, 0.15) is 5.75 Å². The van der Waals surface area contributed by atoms with Gasteiger partial charge in [-0.05, 0) is 49.2 Å². The third kappa shape index (κ3) is 5.58. The number of para-hydroxylation sites is 1. The highest BCUT2D eigenvalue weighted by Crippen LogP contribution is 2.31. The average Bonchev–Trinajstić information content (AvgIpc) is 2.93. The number of methoxy groups -OCH3 is 1. The largest absolute Gasteiger partial charge is 0.497 e. The Hall–Kier alpha value is -2.38. The molecule has 0 aliphatic carbocycles. The van der Waals surface area contributed by atoms with E-state index < -0.39 is 9.84 Å². The number of carbonyl (C=O) groups is 1. The van der Waals surface area contributed by atoms with Crippen LogP contribution in [0.1, 0.15) is 37.3 Å². The summed E-state index contributed by atoms with van der Waals surface area (Å²) in [6.45, 7) is 1.05. The molecule has 1 saturated heterocycles. The topological polar surface area (TPSA) is 75.7 Å². The van der Waals surface area contributed by atoms with Crippen LogP contribution in [0.3, 0.4) is 0 Å². The Balaban J connectivity index is 1.76. The lowest BCUT2D eigenvalue weighted by molar-refractivity contribution is -0.117. The van der Waals surface area contributed by atoms with Crippen LogP contribution in [0.4, 0.5) is 5.69 Å². The molecule has 1 aliphatic heterocycles. The quantitative estimate of drug-likeness (QED) is 0.778. The fraction of sp³-hybridized carbons (Fsp3) is 0.409. The number of carbonyl (C=O) groups excluding carboxylic acids is 1. The van der Waals surface area contributed by atoms with Crippen molar-refractivity contribution in [2.24, 2.45) is 0 Å². The summed E-state index contributed by atoms with van der Waals surface area (Å²) < 4.78 is 29.2. The SMILES string of the molecule is COc1ccc([C@@H]2CCCCCN2CC(=O)Nc2ccccc2S(C)(=O)=O)cc1. The van der Waals surface area contributed by atoms with Crippen molar-refractivity contribution in [3.05, 3.63) is 54.1 Å². The maximum atomic E-state index is 12.8. The van der Waals surface area contributed by atoms with Crippen molar-refractivity contribution < 1.29 is 17.9 Å². The number of sulfone groups is 1. The Morgan fingerprint density at radius 3 is 2.52 bits per heavy atom. The summed E-state index contributed by atoms with van der Waals surface area (Å²) in [5, 5.41) is 2.80. The summed E-state index contributed by atoms with van der Waals surface area (Å²) in [5.74, 6) is 0.602. The monoisotopic (exact) mass is 416 g/mol. The van der Waals surface area contributed by atoms with Crippen molar-refractivity contribution in [3.8, 4) is 5.75 Å². The number of benzene rings is 2. The van der Waals surface area contributed by atoms with E-state index in [2.05, 4.69) is 22.3 Å². The van der Waals surface area contributed by atoms with Crippen LogP contribution < -0.4 is 10.1 Å². The highest BCUT2D eigenvalue weighted by Gasteiger charge is 2.25. The Kier molecular flexibility index (Phi) is 6.92. The number of hydrogen-bond donors (Lipinski definition) is 1. The minimum atomic E-state index is -3.42. The first-order valence-electron chi connectivity index (χ1n) is 9.85. The normalized spacial score (nSPS) is 18.1. The maximum absolute atomic E-state index is 12.8. The highest BCUT2D eigenvalue weighted by molar-refractivity contribution is 7.90. The van der Waals surface area contributed by atoms with Gasteiger partial charge in [-0.2, -0.15) is 0 Å². The zero-order valence-corrected chi connectivity index (χ0v) is 17.7. The van der Waals surface area contributed by atoms with Gasteiger partial charge in [0.05, 0.1) is 24.2 Å². The van der Waals surface area contributed by atoms with Crippen LogP contribution in [0.2, 0.25) is 0 Å². The zero-order valence-electron chi connectivity index (χ0n) is 16.9. The molecule has 0 radical (unpaired) electrons. The van der Waals surface area contributed by atoms with E-state index in [4.69, 9.17) is 4.74 Å². The first-order valence-corrected chi connectivity index (χ1v) is 11.7. The molecule has 2 aromatic carbocycles. The molecule has 1 heterocycles. The number of hydrogen-bond acceptors (Lipinski definition) is 5. The van der Waals surface area contributed by atoms with E-state index in [1.54, 1.807) is 25.3 Å². The third-order valence-electron chi connectivity index (χ3n) is 5.27. The molecule has 1 amide bonds. The number of nitrogens with one attached hydrogen (secondary N) is 1. The van der Waals surface area contributed by atoms with E-state index >= 15 is 0 Å². The van der Waals surface area contributed by atoms with Gasteiger partial charge in [-0.25, -0.2) is 8.42 Å². The lowest BCUT2D eigenvalue weighted by atomic mass is 10.0. The van der Waals surface area contributed by atoms with Crippen molar-refractivity contribution in [1.29, 1.82) is 0 Å². The smallest absolute Gasteiger partial charge is 0.238 e. The van der Waals surface area contributed by atoms with E-state index in [0.29, 0.717) is 5.69 Å². The third-order valence-corrected chi connectivity index (χ3v) is 6.43. The minimum Gasteiger partial charge on any atom is -0.497 e. The second-order valence-corrected chi connectivity index (χ2v) is 9.41. The molecule has 0 spiro atoms. The molecule has 156 valence electrons. The molecule has 0 bridgehead atoms. The molecule has 29 heavy (non-hydrogen) atoms. The van der Waals surface area contributed by atoms with Gasteiger partial charge in [-0.3, -0.25) is 9.69 Å². The first-order chi connectivity index (χ1) is 13.9.